The van der Waals surface area contributed by atoms with Crippen LogP contribution in [0.2, 0.25) is 0 Å². The summed E-state index contributed by atoms with van der Waals surface area (Å²) in [6.07, 6.45) is 1.60. The van der Waals surface area contributed by atoms with Gasteiger partial charge >= 0.3 is 0 Å². The highest BCUT2D eigenvalue weighted by Crippen LogP contribution is 2.13. The Morgan fingerprint density at radius 1 is 1.50 bits per heavy atom. The topological polar surface area (TPSA) is 46.2 Å². The molecule has 1 rings (SSSR count). The van der Waals surface area contributed by atoms with Crippen LogP contribution in [0.5, 0.6) is 0 Å². The summed E-state index contributed by atoms with van der Waals surface area (Å²) in [6.45, 7) is 4.46. The predicted octanol–water partition coefficient (Wildman–Crippen LogP) is 2.26. The molecule has 0 aliphatic rings. The van der Waals surface area contributed by atoms with Crippen molar-refractivity contribution in [2.24, 2.45) is 5.92 Å². The first kappa shape index (κ1) is 13.7. The van der Waals surface area contributed by atoms with Crippen molar-refractivity contribution in [2.45, 2.75) is 26.7 Å². The number of hydrogen-bond donors (Lipinski definition) is 1. The van der Waals surface area contributed by atoms with Crippen LogP contribution in [0, 0.1) is 5.92 Å². The highest BCUT2D eigenvalue weighted by molar-refractivity contribution is 7.89. The predicted molar refractivity (Wildman–Crippen MR) is 69.3 cm³/mol. The van der Waals surface area contributed by atoms with E-state index in [1.807, 2.05) is 18.4 Å². The molecule has 0 saturated heterocycles. The minimum atomic E-state index is -3.05. The van der Waals surface area contributed by atoms with E-state index in [0.29, 0.717) is 18.9 Å². The van der Waals surface area contributed by atoms with Gasteiger partial charge in [0, 0.05) is 11.4 Å². The summed E-state index contributed by atoms with van der Waals surface area (Å²) in [6, 6.07) is 4.11. The van der Waals surface area contributed by atoms with E-state index < -0.39 is 10.0 Å². The lowest BCUT2D eigenvalue weighted by Gasteiger charge is -2.11. The molecule has 1 aromatic rings. The summed E-state index contributed by atoms with van der Waals surface area (Å²) in [5, 5.41) is 2.04. The Bertz CT molecular complexity index is 384. The van der Waals surface area contributed by atoms with Crippen LogP contribution in [0.25, 0.3) is 0 Å². The monoisotopic (exact) mass is 261 g/mol. The van der Waals surface area contributed by atoms with E-state index in [9.17, 15) is 8.42 Å². The smallest absolute Gasteiger partial charge is 0.211 e. The molecule has 0 aromatic carbocycles. The molecule has 3 nitrogen and oxygen atoms in total. The minimum Gasteiger partial charge on any atom is -0.215 e. The second kappa shape index (κ2) is 6.37. The van der Waals surface area contributed by atoms with Crippen LogP contribution < -0.4 is 4.72 Å². The molecular weight excluding hydrogens is 242 g/mol. The lowest BCUT2D eigenvalue weighted by Crippen LogP contribution is -2.30. The van der Waals surface area contributed by atoms with Gasteiger partial charge in [-0.25, -0.2) is 13.1 Å². The highest BCUT2D eigenvalue weighted by atomic mass is 32.2. The number of hydrogen-bond acceptors (Lipinski definition) is 3. The third-order valence-corrected chi connectivity index (χ3v) is 4.71. The summed E-state index contributed by atoms with van der Waals surface area (Å²) >= 11 is 1.72. The van der Waals surface area contributed by atoms with Gasteiger partial charge in [0.25, 0.3) is 0 Å². The molecular formula is C11H19NO2S2. The van der Waals surface area contributed by atoms with Gasteiger partial charge in [0.05, 0.1) is 5.75 Å². The zero-order chi connectivity index (χ0) is 12.0. The first-order valence-corrected chi connectivity index (χ1v) is 8.06. The average Bonchev–Trinajstić information content (AvgIpc) is 2.68. The quantitative estimate of drug-likeness (QED) is 0.818. The first-order chi connectivity index (χ1) is 7.53. The molecule has 92 valence electrons. The maximum atomic E-state index is 11.4. The van der Waals surface area contributed by atoms with Crippen molar-refractivity contribution in [3.05, 3.63) is 22.4 Å². The SMILES string of the molecule is CCCS(=O)(=O)NCC(C)Cc1cccs1. The third kappa shape index (κ3) is 5.09. The molecule has 0 aliphatic heterocycles. The van der Waals surface area contributed by atoms with Crippen molar-refractivity contribution in [3.8, 4) is 0 Å². The lowest BCUT2D eigenvalue weighted by atomic mass is 10.1. The molecule has 0 bridgehead atoms. The molecule has 1 aromatic heterocycles. The molecule has 5 heteroatoms. The summed E-state index contributed by atoms with van der Waals surface area (Å²) < 4.78 is 25.5. The largest absolute Gasteiger partial charge is 0.215 e. The maximum Gasteiger partial charge on any atom is 0.211 e. The van der Waals surface area contributed by atoms with Crippen molar-refractivity contribution in [3.63, 3.8) is 0 Å². The van der Waals surface area contributed by atoms with Crippen LogP contribution in [0.3, 0.4) is 0 Å². The van der Waals surface area contributed by atoms with Crippen LogP contribution in [-0.4, -0.2) is 20.7 Å². The van der Waals surface area contributed by atoms with Gasteiger partial charge in [-0.3, -0.25) is 0 Å². The van der Waals surface area contributed by atoms with Crippen molar-refractivity contribution < 1.29 is 8.42 Å². The Labute approximate surface area is 102 Å². The molecule has 0 radical (unpaired) electrons. The Hall–Kier alpha value is -0.390. The van der Waals surface area contributed by atoms with Crippen LogP contribution in [0.15, 0.2) is 17.5 Å². The van der Waals surface area contributed by atoms with Gasteiger partial charge in [0.2, 0.25) is 10.0 Å². The Balaban J connectivity index is 2.33. The van der Waals surface area contributed by atoms with Crippen LogP contribution in [0.4, 0.5) is 0 Å². The summed E-state index contributed by atoms with van der Waals surface area (Å²) in [5.74, 6) is 0.559. The van der Waals surface area contributed by atoms with Crippen LogP contribution in [0.1, 0.15) is 25.1 Å². The second-order valence-corrected chi connectivity index (χ2v) is 7.01. The number of thiophene rings is 1. The van der Waals surface area contributed by atoms with E-state index in [-0.39, 0.29) is 5.75 Å². The third-order valence-electron chi connectivity index (χ3n) is 2.25. The molecule has 1 heterocycles. The molecule has 1 unspecified atom stereocenters. The van der Waals surface area contributed by atoms with Gasteiger partial charge in [-0.15, -0.1) is 11.3 Å². The Morgan fingerprint density at radius 3 is 2.81 bits per heavy atom. The molecule has 16 heavy (non-hydrogen) atoms. The first-order valence-electron chi connectivity index (χ1n) is 5.53. The van der Waals surface area contributed by atoms with Gasteiger partial charge in [0.1, 0.15) is 0 Å². The highest BCUT2D eigenvalue weighted by Gasteiger charge is 2.11. The van der Waals surface area contributed by atoms with Gasteiger partial charge in [-0.2, -0.15) is 0 Å². The summed E-state index contributed by atoms with van der Waals surface area (Å²) in [5.41, 5.74) is 0. The van der Waals surface area contributed by atoms with Crippen molar-refractivity contribution in [1.82, 2.24) is 4.72 Å². The Morgan fingerprint density at radius 2 is 2.25 bits per heavy atom. The van der Waals surface area contributed by atoms with E-state index in [2.05, 4.69) is 17.7 Å². The number of nitrogens with one attached hydrogen (secondary N) is 1. The normalized spacial score (nSPS) is 13.9. The van der Waals surface area contributed by atoms with Crippen LogP contribution in [-0.2, 0) is 16.4 Å². The van der Waals surface area contributed by atoms with Crippen LogP contribution >= 0.6 is 11.3 Å². The second-order valence-electron chi connectivity index (χ2n) is 4.06. The van der Waals surface area contributed by atoms with Crippen molar-refractivity contribution >= 4 is 21.4 Å². The minimum absolute atomic E-state index is 0.221. The maximum absolute atomic E-state index is 11.4. The average molecular weight is 261 g/mol. The molecule has 0 fully saturated rings. The molecule has 0 amide bonds. The number of rotatable bonds is 7. The van der Waals surface area contributed by atoms with Gasteiger partial charge < -0.3 is 0 Å². The molecule has 0 spiro atoms. The van der Waals surface area contributed by atoms with E-state index in [4.69, 9.17) is 0 Å². The standard InChI is InChI=1S/C11H19NO2S2/c1-3-7-16(13,14)12-9-10(2)8-11-5-4-6-15-11/h4-6,10,12H,3,7-9H2,1-2H3. The lowest BCUT2D eigenvalue weighted by molar-refractivity contribution is 0.539. The molecule has 1 N–H and O–H groups in total. The van der Waals surface area contributed by atoms with E-state index >= 15 is 0 Å². The fourth-order valence-electron chi connectivity index (χ4n) is 1.45. The van der Waals surface area contributed by atoms with E-state index in [1.165, 1.54) is 4.88 Å². The van der Waals surface area contributed by atoms with E-state index in [0.717, 1.165) is 6.42 Å². The molecule has 0 saturated carbocycles. The van der Waals surface area contributed by atoms with Crippen molar-refractivity contribution in [2.75, 3.05) is 12.3 Å². The number of sulfonamides is 1. The van der Waals surface area contributed by atoms with Gasteiger partial charge in [-0.1, -0.05) is 19.9 Å². The fraction of sp³-hybridized carbons (Fsp3) is 0.636. The van der Waals surface area contributed by atoms with E-state index in [1.54, 1.807) is 11.3 Å². The molecule has 0 aliphatic carbocycles. The van der Waals surface area contributed by atoms with Gasteiger partial charge in [0.15, 0.2) is 0 Å². The van der Waals surface area contributed by atoms with Crippen molar-refractivity contribution in [1.29, 1.82) is 0 Å². The summed E-state index contributed by atoms with van der Waals surface area (Å²) in [7, 11) is -3.05. The Kier molecular flexibility index (Phi) is 5.44. The van der Waals surface area contributed by atoms with Gasteiger partial charge in [-0.05, 0) is 30.2 Å². The summed E-state index contributed by atoms with van der Waals surface area (Å²) in [4.78, 5) is 1.31. The zero-order valence-corrected chi connectivity index (χ0v) is 11.4. The fourth-order valence-corrected chi connectivity index (χ4v) is 3.54. The zero-order valence-electron chi connectivity index (χ0n) is 9.77. The molecule has 1 atom stereocenters.